The molecule has 0 aromatic heterocycles. The third-order valence-electron chi connectivity index (χ3n) is 4.63. The number of carboxylic acids is 1. The van der Waals surface area contributed by atoms with Crippen molar-refractivity contribution in [3.8, 4) is 6.07 Å². The number of para-hydroxylation sites is 1. The van der Waals surface area contributed by atoms with Crippen molar-refractivity contribution < 1.29 is 23.9 Å². The summed E-state index contributed by atoms with van der Waals surface area (Å²) in [6, 6.07) is 21.0. The minimum Gasteiger partial charge on any atom is -0.478 e. The Morgan fingerprint density at radius 2 is 1.81 bits per heavy atom. The van der Waals surface area contributed by atoms with Crippen LogP contribution in [0.2, 0.25) is 0 Å². The fraction of sp³-hybridized carbons (Fsp3) is 0.125. The molecule has 0 aliphatic rings. The summed E-state index contributed by atoms with van der Waals surface area (Å²) in [4.78, 5) is 28.8. The van der Waals surface area contributed by atoms with Gasteiger partial charge in [-0.15, -0.1) is 0 Å². The minimum absolute atomic E-state index is 0.00402. The van der Waals surface area contributed by atoms with Gasteiger partial charge in [0.1, 0.15) is 6.17 Å². The molecule has 0 fully saturated rings. The van der Waals surface area contributed by atoms with Crippen molar-refractivity contribution in [1.82, 2.24) is 5.48 Å². The van der Waals surface area contributed by atoms with Crippen LogP contribution < -0.4 is 10.8 Å². The van der Waals surface area contributed by atoms with Crippen molar-refractivity contribution in [1.29, 1.82) is 5.26 Å². The van der Waals surface area contributed by atoms with Gasteiger partial charge in [0, 0.05) is 5.69 Å². The Morgan fingerprint density at radius 3 is 2.53 bits per heavy atom. The number of benzene rings is 3. The van der Waals surface area contributed by atoms with Crippen LogP contribution in [0.25, 0.3) is 0 Å². The van der Waals surface area contributed by atoms with Gasteiger partial charge in [0.25, 0.3) is 5.91 Å². The molecule has 0 bridgehead atoms. The van der Waals surface area contributed by atoms with Crippen LogP contribution in [0.3, 0.4) is 0 Å². The van der Waals surface area contributed by atoms with Crippen molar-refractivity contribution in [3.63, 3.8) is 0 Å². The SMILES string of the molecule is N#Cc1ccc(CONC(=O)c2ccccc2NCC(F)c2cccc(C(=O)O)c2)cc1. The highest BCUT2D eigenvalue weighted by atomic mass is 19.1. The third kappa shape index (κ3) is 5.90. The van der Waals surface area contributed by atoms with E-state index in [4.69, 9.17) is 15.2 Å². The summed E-state index contributed by atoms with van der Waals surface area (Å²) in [6.45, 7) is -0.0427. The average molecular weight is 433 g/mol. The van der Waals surface area contributed by atoms with Crippen molar-refractivity contribution in [2.75, 3.05) is 11.9 Å². The molecule has 0 radical (unpaired) electrons. The lowest BCUT2D eigenvalue weighted by molar-refractivity contribution is 0.0234. The van der Waals surface area contributed by atoms with Gasteiger partial charge in [0.15, 0.2) is 0 Å². The molecule has 1 atom stereocenters. The zero-order chi connectivity index (χ0) is 22.9. The molecule has 7 nitrogen and oxygen atoms in total. The monoisotopic (exact) mass is 433 g/mol. The molecule has 0 aliphatic carbocycles. The number of nitrogens with one attached hydrogen (secondary N) is 2. The van der Waals surface area contributed by atoms with Crippen LogP contribution in [-0.2, 0) is 11.4 Å². The number of hydroxylamine groups is 1. The van der Waals surface area contributed by atoms with E-state index in [0.29, 0.717) is 11.3 Å². The molecule has 3 aromatic rings. The number of rotatable bonds is 9. The number of nitriles is 1. The number of amides is 1. The Morgan fingerprint density at radius 1 is 1.06 bits per heavy atom. The van der Waals surface area contributed by atoms with E-state index in [2.05, 4.69) is 10.8 Å². The number of nitrogens with zero attached hydrogens (tertiary/aromatic N) is 1. The smallest absolute Gasteiger partial charge is 0.335 e. The number of alkyl halides is 1. The van der Waals surface area contributed by atoms with E-state index in [1.54, 1.807) is 48.5 Å². The fourth-order valence-electron chi connectivity index (χ4n) is 2.93. The number of aromatic carboxylic acids is 1. The Labute approximate surface area is 184 Å². The summed E-state index contributed by atoms with van der Waals surface area (Å²) in [6.07, 6.45) is -1.47. The Bertz CT molecular complexity index is 1140. The van der Waals surface area contributed by atoms with Gasteiger partial charge in [-0.25, -0.2) is 14.7 Å². The topological polar surface area (TPSA) is 111 Å². The molecule has 0 aliphatic heterocycles. The first-order valence-electron chi connectivity index (χ1n) is 9.69. The lowest BCUT2D eigenvalue weighted by Crippen LogP contribution is -2.25. The molecule has 8 heteroatoms. The fourth-order valence-corrected chi connectivity index (χ4v) is 2.93. The molecule has 3 aromatic carbocycles. The highest BCUT2D eigenvalue weighted by Crippen LogP contribution is 2.22. The van der Waals surface area contributed by atoms with Crippen LogP contribution in [0.4, 0.5) is 10.1 Å². The standard InChI is InChI=1S/C24H20FN3O4/c25-21(18-4-3-5-19(12-18)24(30)31)14-27-22-7-2-1-6-20(22)23(29)28-32-15-17-10-8-16(13-26)9-11-17/h1-12,21,27H,14-15H2,(H,28,29)(H,30,31). The van der Waals surface area contributed by atoms with Crippen LogP contribution in [-0.4, -0.2) is 23.5 Å². The number of anilines is 1. The van der Waals surface area contributed by atoms with Crippen LogP contribution in [0, 0.1) is 11.3 Å². The van der Waals surface area contributed by atoms with Crippen LogP contribution in [0.5, 0.6) is 0 Å². The van der Waals surface area contributed by atoms with E-state index in [1.807, 2.05) is 6.07 Å². The molecule has 1 amide bonds. The van der Waals surface area contributed by atoms with E-state index in [-0.39, 0.29) is 29.8 Å². The van der Waals surface area contributed by atoms with Crippen molar-refractivity contribution in [2.45, 2.75) is 12.8 Å². The Balaban J connectivity index is 1.58. The molecule has 1 unspecified atom stereocenters. The highest BCUT2D eigenvalue weighted by Gasteiger charge is 2.15. The molecular formula is C24H20FN3O4. The van der Waals surface area contributed by atoms with Crippen molar-refractivity contribution in [3.05, 3.63) is 101 Å². The molecule has 0 saturated carbocycles. The highest BCUT2D eigenvalue weighted by molar-refractivity contribution is 5.99. The molecular weight excluding hydrogens is 413 g/mol. The summed E-state index contributed by atoms with van der Waals surface area (Å²) in [5.74, 6) is -1.64. The predicted octanol–water partition coefficient (Wildman–Crippen LogP) is 4.24. The first kappa shape index (κ1) is 22.5. The number of hydrogen-bond acceptors (Lipinski definition) is 5. The summed E-state index contributed by atoms with van der Waals surface area (Å²) >= 11 is 0. The van der Waals surface area contributed by atoms with Gasteiger partial charge in [-0.05, 0) is 47.5 Å². The van der Waals surface area contributed by atoms with E-state index in [1.165, 1.54) is 24.3 Å². The van der Waals surface area contributed by atoms with Gasteiger partial charge in [-0.3, -0.25) is 9.63 Å². The molecule has 32 heavy (non-hydrogen) atoms. The summed E-state index contributed by atoms with van der Waals surface area (Å²) in [7, 11) is 0. The van der Waals surface area contributed by atoms with Gasteiger partial charge in [-0.1, -0.05) is 36.4 Å². The number of halogens is 1. The average Bonchev–Trinajstić information content (AvgIpc) is 2.83. The van der Waals surface area contributed by atoms with Gasteiger partial charge in [0.2, 0.25) is 0 Å². The van der Waals surface area contributed by atoms with Crippen molar-refractivity contribution >= 4 is 17.6 Å². The van der Waals surface area contributed by atoms with E-state index >= 15 is 0 Å². The first-order valence-corrected chi connectivity index (χ1v) is 9.69. The maximum atomic E-state index is 14.6. The molecule has 162 valence electrons. The summed E-state index contributed by atoms with van der Waals surface area (Å²) in [5, 5.41) is 20.8. The van der Waals surface area contributed by atoms with Crippen LogP contribution in [0.15, 0.2) is 72.8 Å². The molecule has 3 N–H and O–H groups in total. The van der Waals surface area contributed by atoms with Gasteiger partial charge in [-0.2, -0.15) is 5.26 Å². The third-order valence-corrected chi connectivity index (χ3v) is 4.63. The maximum absolute atomic E-state index is 14.6. The van der Waals surface area contributed by atoms with Crippen LogP contribution in [0.1, 0.15) is 43.6 Å². The lowest BCUT2D eigenvalue weighted by atomic mass is 10.1. The number of carboxylic acid groups (broad SMARTS) is 1. The number of hydrogen-bond donors (Lipinski definition) is 3. The van der Waals surface area contributed by atoms with Gasteiger partial charge < -0.3 is 10.4 Å². The maximum Gasteiger partial charge on any atom is 0.335 e. The molecule has 3 rings (SSSR count). The quantitative estimate of drug-likeness (QED) is 0.435. The molecule has 0 heterocycles. The normalized spacial score (nSPS) is 11.2. The Hall–Kier alpha value is -4.22. The second-order valence-corrected chi connectivity index (χ2v) is 6.85. The summed E-state index contributed by atoms with van der Waals surface area (Å²) < 4.78 is 14.6. The zero-order valence-corrected chi connectivity index (χ0v) is 16.9. The van der Waals surface area contributed by atoms with Gasteiger partial charge >= 0.3 is 5.97 Å². The van der Waals surface area contributed by atoms with E-state index in [9.17, 15) is 14.0 Å². The molecule has 0 spiro atoms. The summed E-state index contributed by atoms with van der Waals surface area (Å²) in [5.41, 5.74) is 4.56. The second-order valence-electron chi connectivity index (χ2n) is 6.85. The van der Waals surface area contributed by atoms with Crippen LogP contribution >= 0.6 is 0 Å². The van der Waals surface area contributed by atoms with E-state index in [0.717, 1.165) is 5.56 Å². The lowest BCUT2D eigenvalue weighted by Gasteiger charge is -2.15. The Kier molecular flexibility index (Phi) is 7.51. The minimum atomic E-state index is -1.47. The number of carbonyl (C=O) groups excluding carboxylic acids is 1. The second kappa shape index (κ2) is 10.7. The first-order chi connectivity index (χ1) is 15.5. The zero-order valence-electron chi connectivity index (χ0n) is 16.9. The van der Waals surface area contributed by atoms with E-state index < -0.39 is 18.0 Å². The predicted molar refractivity (Wildman–Crippen MR) is 116 cm³/mol. The van der Waals surface area contributed by atoms with Crippen molar-refractivity contribution in [2.24, 2.45) is 0 Å². The molecule has 0 saturated heterocycles. The van der Waals surface area contributed by atoms with Gasteiger partial charge in [0.05, 0.1) is 35.9 Å². The largest absolute Gasteiger partial charge is 0.478 e. The number of carbonyl (C=O) groups is 2.